The number of halogens is 1. The van der Waals surface area contributed by atoms with Crippen molar-refractivity contribution in [2.75, 3.05) is 12.3 Å². The van der Waals surface area contributed by atoms with Gasteiger partial charge in [-0.1, -0.05) is 20.8 Å². The summed E-state index contributed by atoms with van der Waals surface area (Å²) in [7, 11) is 0. The zero-order chi connectivity index (χ0) is 13.8. The Bertz CT molecular complexity index is 396. The first-order valence-electron chi connectivity index (χ1n) is 6.85. The summed E-state index contributed by atoms with van der Waals surface area (Å²) >= 11 is 9.78. The molecule has 1 N–H and O–H groups in total. The molecule has 2 heterocycles. The fraction of sp³-hybridized carbons (Fsp3) is 0.714. The normalized spacial score (nSPS) is 29.4. The van der Waals surface area contributed by atoms with Gasteiger partial charge < -0.3 is 5.32 Å². The van der Waals surface area contributed by atoms with Crippen LogP contribution in [0.1, 0.15) is 38.8 Å². The summed E-state index contributed by atoms with van der Waals surface area (Å²) in [5.74, 6) is 1.25. The molecule has 1 fully saturated rings. The lowest BCUT2D eigenvalue weighted by molar-refractivity contribution is 0.527. The highest BCUT2D eigenvalue weighted by Crippen LogP contribution is 2.42. The fourth-order valence-corrected chi connectivity index (χ4v) is 6.92. The molecule has 1 aromatic rings. The molecule has 4 unspecified atom stereocenters. The van der Waals surface area contributed by atoms with Crippen molar-refractivity contribution in [1.29, 1.82) is 0 Å². The van der Waals surface area contributed by atoms with Crippen molar-refractivity contribution in [3.8, 4) is 0 Å². The predicted octanol–water partition coefficient (Wildman–Crippen LogP) is 5.18. The predicted molar refractivity (Wildman–Crippen MR) is 95.8 cm³/mol. The van der Waals surface area contributed by atoms with Gasteiger partial charge in [-0.15, -0.1) is 0 Å². The van der Waals surface area contributed by atoms with Crippen molar-refractivity contribution in [2.45, 2.75) is 49.0 Å². The quantitative estimate of drug-likeness (QED) is 0.756. The molecule has 0 aromatic carbocycles. The van der Waals surface area contributed by atoms with E-state index in [1.165, 1.54) is 22.2 Å². The van der Waals surface area contributed by atoms with E-state index in [9.17, 15) is 0 Å². The third-order valence-corrected chi connectivity index (χ3v) is 8.78. The van der Waals surface area contributed by atoms with E-state index < -0.39 is 0 Å². The minimum atomic E-state index is 0.480. The highest BCUT2D eigenvalue weighted by Gasteiger charge is 2.32. The molecule has 1 aliphatic rings. The Morgan fingerprint density at radius 3 is 2.74 bits per heavy atom. The van der Waals surface area contributed by atoms with Crippen molar-refractivity contribution in [3.63, 3.8) is 0 Å². The lowest BCUT2D eigenvalue weighted by Crippen LogP contribution is -2.37. The van der Waals surface area contributed by atoms with Crippen molar-refractivity contribution in [3.05, 3.63) is 20.8 Å². The van der Waals surface area contributed by atoms with Crippen molar-refractivity contribution in [1.82, 2.24) is 5.32 Å². The van der Waals surface area contributed by atoms with Gasteiger partial charge in [0.1, 0.15) is 0 Å². The van der Waals surface area contributed by atoms with E-state index in [0.29, 0.717) is 11.3 Å². The van der Waals surface area contributed by atoms with Gasteiger partial charge in [-0.2, -0.15) is 34.9 Å². The Morgan fingerprint density at radius 1 is 1.37 bits per heavy atom. The first kappa shape index (κ1) is 16.2. The largest absolute Gasteiger partial charge is 0.309 e. The van der Waals surface area contributed by atoms with Crippen LogP contribution in [0.25, 0.3) is 0 Å². The zero-order valence-corrected chi connectivity index (χ0v) is 15.7. The van der Waals surface area contributed by atoms with Gasteiger partial charge in [0.15, 0.2) is 0 Å². The summed E-state index contributed by atoms with van der Waals surface area (Å²) in [5, 5.41) is 10.4. The topological polar surface area (TPSA) is 12.0 Å². The number of hydrogen-bond acceptors (Lipinski definition) is 4. The molecule has 2 rings (SSSR count). The second-order valence-electron chi connectivity index (χ2n) is 5.02. The maximum atomic E-state index is 3.76. The summed E-state index contributed by atoms with van der Waals surface area (Å²) in [6.07, 6.45) is 1.19. The van der Waals surface area contributed by atoms with Crippen LogP contribution in [-0.2, 0) is 0 Å². The van der Waals surface area contributed by atoms with E-state index >= 15 is 0 Å². The highest BCUT2D eigenvalue weighted by atomic mass is 79.9. The molecule has 0 aliphatic carbocycles. The maximum Gasteiger partial charge on any atom is 0.0468 e. The lowest BCUT2D eigenvalue weighted by atomic mass is 10.1. The summed E-state index contributed by atoms with van der Waals surface area (Å²) in [5.41, 5.74) is 1.44. The number of thiophene rings is 1. The van der Waals surface area contributed by atoms with Crippen LogP contribution < -0.4 is 5.32 Å². The van der Waals surface area contributed by atoms with Crippen LogP contribution in [0.3, 0.4) is 0 Å². The number of rotatable bonds is 5. The average molecular weight is 380 g/mol. The second-order valence-corrected chi connectivity index (χ2v) is 9.65. The highest BCUT2D eigenvalue weighted by molar-refractivity contribution is 9.10. The molecule has 0 radical (unpaired) electrons. The van der Waals surface area contributed by atoms with Gasteiger partial charge in [0, 0.05) is 37.4 Å². The van der Waals surface area contributed by atoms with E-state index in [0.717, 1.165) is 17.0 Å². The Kier molecular flexibility index (Phi) is 6.60. The number of nitrogens with one attached hydrogen (secondary N) is 1. The van der Waals surface area contributed by atoms with Crippen LogP contribution in [0, 0.1) is 0 Å². The van der Waals surface area contributed by atoms with Crippen molar-refractivity contribution in [2.24, 2.45) is 0 Å². The lowest BCUT2D eigenvalue weighted by Gasteiger charge is -2.36. The molecule has 0 bridgehead atoms. The maximum absolute atomic E-state index is 3.76. The van der Waals surface area contributed by atoms with Gasteiger partial charge in [-0.05, 0) is 39.8 Å². The van der Waals surface area contributed by atoms with E-state index in [4.69, 9.17) is 0 Å². The molecule has 1 aromatic heterocycles. The molecular weight excluding hydrogens is 358 g/mol. The Morgan fingerprint density at radius 2 is 2.16 bits per heavy atom. The standard InChI is InChI=1S/C14H22BrNS3/c1-4-5-16-14(11-6-17-7-12(11)15)13-8-18-9(2)10(3)19-13/h6-7,9-10,13-14,16H,4-5,8H2,1-3H3. The molecule has 1 aliphatic heterocycles. The molecule has 0 saturated carbocycles. The molecule has 0 spiro atoms. The molecule has 0 amide bonds. The third kappa shape index (κ3) is 4.16. The molecule has 5 heteroatoms. The van der Waals surface area contributed by atoms with Crippen molar-refractivity contribution < 1.29 is 0 Å². The zero-order valence-electron chi connectivity index (χ0n) is 11.7. The van der Waals surface area contributed by atoms with Crippen LogP contribution >= 0.6 is 50.8 Å². The smallest absolute Gasteiger partial charge is 0.0468 e. The minimum absolute atomic E-state index is 0.480. The van der Waals surface area contributed by atoms with Crippen LogP contribution in [0.5, 0.6) is 0 Å². The molecular formula is C14H22BrNS3. The first-order valence-corrected chi connectivity index (χ1v) is 10.6. The first-order chi connectivity index (χ1) is 9.13. The Labute approximate surface area is 137 Å². The van der Waals surface area contributed by atoms with E-state index in [2.05, 4.69) is 76.3 Å². The van der Waals surface area contributed by atoms with E-state index in [1.807, 2.05) is 0 Å². The SMILES string of the molecule is CCCNC(c1cscc1Br)C1CSC(C)C(C)S1. The minimum Gasteiger partial charge on any atom is -0.309 e. The molecule has 19 heavy (non-hydrogen) atoms. The van der Waals surface area contributed by atoms with E-state index in [-0.39, 0.29) is 0 Å². The van der Waals surface area contributed by atoms with E-state index in [1.54, 1.807) is 11.3 Å². The van der Waals surface area contributed by atoms with Gasteiger partial charge in [0.2, 0.25) is 0 Å². The fourth-order valence-electron chi connectivity index (χ4n) is 2.24. The second kappa shape index (κ2) is 7.74. The monoisotopic (exact) mass is 379 g/mol. The van der Waals surface area contributed by atoms with Crippen LogP contribution in [0.15, 0.2) is 15.2 Å². The van der Waals surface area contributed by atoms with Crippen LogP contribution in [0.4, 0.5) is 0 Å². The van der Waals surface area contributed by atoms with Crippen LogP contribution in [0.2, 0.25) is 0 Å². The summed E-state index contributed by atoms with van der Waals surface area (Å²) in [4.78, 5) is 0. The molecule has 4 atom stereocenters. The van der Waals surface area contributed by atoms with Gasteiger partial charge in [-0.25, -0.2) is 0 Å². The molecule has 1 nitrogen and oxygen atoms in total. The number of hydrogen-bond donors (Lipinski definition) is 1. The van der Waals surface area contributed by atoms with Gasteiger partial charge in [0.05, 0.1) is 0 Å². The molecule has 1 saturated heterocycles. The van der Waals surface area contributed by atoms with Crippen LogP contribution in [-0.4, -0.2) is 28.0 Å². The average Bonchev–Trinajstić information content (AvgIpc) is 2.80. The number of thioether (sulfide) groups is 2. The van der Waals surface area contributed by atoms with Gasteiger partial charge in [0.25, 0.3) is 0 Å². The Hall–Kier alpha value is 0.840. The summed E-state index contributed by atoms with van der Waals surface area (Å²) < 4.78 is 1.27. The van der Waals surface area contributed by atoms with Gasteiger partial charge in [-0.3, -0.25) is 0 Å². The van der Waals surface area contributed by atoms with Gasteiger partial charge >= 0.3 is 0 Å². The summed E-state index contributed by atoms with van der Waals surface area (Å²) in [6, 6.07) is 0.480. The third-order valence-electron chi connectivity index (χ3n) is 3.54. The Balaban J connectivity index is 2.11. The van der Waals surface area contributed by atoms with Crippen molar-refractivity contribution >= 4 is 50.8 Å². The molecule has 108 valence electrons. The summed E-state index contributed by atoms with van der Waals surface area (Å²) in [6.45, 7) is 8.06.